The molecule has 4 rings (SSSR count). The van der Waals surface area contributed by atoms with E-state index in [1.54, 1.807) is 23.0 Å². The van der Waals surface area contributed by atoms with Crippen molar-refractivity contribution in [1.29, 1.82) is 0 Å². The molecule has 2 aliphatic rings. The standard InChI is InChI=1S/C21H27FN4O.ClH/c1-2-20-19(14-24-26(20)18-7-5-16(22)6-8-18)21(27)25-11-9-17(10-12-25)23-13-15-3-4-15;/h5-8,14-15,17,23H,2-4,9-13H2,1H3;1H. The molecule has 1 saturated carbocycles. The zero-order valence-electron chi connectivity index (χ0n) is 16.2. The first-order valence-electron chi connectivity index (χ1n) is 10.0. The highest BCUT2D eigenvalue weighted by Gasteiger charge is 2.28. The van der Waals surface area contributed by atoms with Crippen LogP contribution in [0.2, 0.25) is 0 Å². The SMILES string of the molecule is CCc1c(C(=O)N2CCC(NCC3CC3)CC2)cnn1-c1ccc(F)cc1.Cl. The number of halogens is 2. The summed E-state index contributed by atoms with van der Waals surface area (Å²) in [4.78, 5) is 15.0. The van der Waals surface area contributed by atoms with Crippen LogP contribution in [-0.4, -0.2) is 46.3 Å². The summed E-state index contributed by atoms with van der Waals surface area (Å²) in [5.41, 5.74) is 2.31. The Labute approximate surface area is 171 Å². The van der Waals surface area contributed by atoms with Crippen molar-refractivity contribution in [2.24, 2.45) is 5.92 Å². The molecule has 0 radical (unpaired) electrons. The van der Waals surface area contributed by atoms with Crippen LogP contribution in [0.15, 0.2) is 30.5 Å². The smallest absolute Gasteiger partial charge is 0.257 e. The predicted molar refractivity (Wildman–Crippen MR) is 110 cm³/mol. The molecule has 1 aromatic carbocycles. The minimum absolute atomic E-state index is 0. The molecule has 28 heavy (non-hydrogen) atoms. The van der Waals surface area contributed by atoms with E-state index in [-0.39, 0.29) is 24.1 Å². The summed E-state index contributed by atoms with van der Waals surface area (Å²) in [6, 6.07) is 6.73. The molecule has 0 unspecified atom stereocenters. The molecule has 2 heterocycles. The number of likely N-dealkylation sites (tertiary alicyclic amines) is 1. The van der Waals surface area contributed by atoms with Gasteiger partial charge in [0.15, 0.2) is 0 Å². The number of hydrogen-bond donors (Lipinski definition) is 1. The Balaban J connectivity index is 0.00000225. The predicted octanol–water partition coefficient (Wildman–Crippen LogP) is 3.60. The average Bonchev–Trinajstić information content (AvgIpc) is 3.43. The zero-order chi connectivity index (χ0) is 18.8. The van der Waals surface area contributed by atoms with Gasteiger partial charge in [-0.2, -0.15) is 5.10 Å². The summed E-state index contributed by atoms with van der Waals surface area (Å²) in [5.74, 6) is 0.661. The number of hydrogen-bond acceptors (Lipinski definition) is 3. The fraction of sp³-hybridized carbons (Fsp3) is 0.524. The molecule has 1 N–H and O–H groups in total. The van der Waals surface area contributed by atoms with Gasteiger partial charge in [0.05, 0.1) is 23.1 Å². The maximum Gasteiger partial charge on any atom is 0.257 e. The summed E-state index contributed by atoms with van der Waals surface area (Å²) in [6.45, 7) is 4.71. The molecular weight excluding hydrogens is 379 g/mol. The Morgan fingerprint density at radius 3 is 2.46 bits per heavy atom. The van der Waals surface area contributed by atoms with Crippen molar-refractivity contribution in [1.82, 2.24) is 20.0 Å². The van der Waals surface area contributed by atoms with E-state index in [2.05, 4.69) is 10.4 Å². The number of piperidine rings is 1. The highest BCUT2D eigenvalue weighted by atomic mass is 35.5. The maximum atomic E-state index is 13.2. The molecule has 2 fully saturated rings. The van der Waals surface area contributed by atoms with Crippen LogP contribution in [-0.2, 0) is 6.42 Å². The van der Waals surface area contributed by atoms with Gasteiger partial charge in [0.1, 0.15) is 5.82 Å². The first-order chi connectivity index (χ1) is 13.2. The molecule has 0 spiro atoms. The summed E-state index contributed by atoms with van der Waals surface area (Å²) >= 11 is 0. The van der Waals surface area contributed by atoms with Gasteiger partial charge < -0.3 is 10.2 Å². The van der Waals surface area contributed by atoms with Crippen LogP contribution in [0.1, 0.15) is 48.7 Å². The van der Waals surface area contributed by atoms with Crippen LogP contribution in [0.4, 0.5) is 4.39 Å². The third-order valence-electron chi connectivity index (χ3n) is 5.68. The largest absolute Gasteiger partial charge is 0.338 e. The van der Waals surface area contributed by atoms with Crippen molar-refractivity contribution >= 4 is 18.3 Å². The number of amides is 1. The normalized spacial score (nSPS) is 17.4. The Morgan fingerprint density at radius 1 is 1.18 bits per heavy atom. The zero-order valence-corrected chi connectivity index (χ0v) is 17.1. The van der Waals surface area contributed by atoms with Crippen LogP contribution in [0.3, 0.4) is 0 Å². The second-order valence-corrected chi connectivity index (χ2v) is 7.66. The van der Waals surface area contributed by atoms with Crippen LogP contribution in [0, 0.1) is 11.7 Å². The number of benzene rings is 1. The number of nitrogens with one attached hydrogen (secondary N) is 1. The van der Waals surface area contributed by atoms with Crippen molar-refractivity contribution in [3.63, 3.8) is 0 Å². The summed E-state index contributed by atoms with van der Waals surface area (Å²) in [6.07, 6.45) is 7.09. The lowest BCUT2D eigenvalue weighted by atomic mass is 10.0. The van der Waals surface area contributed by atoms with Crippen molar-refractivity contribution in [3.8, 4) is 5.69 Å². The first-order valence-corrected chi connectivity index (χ1v) is 10.0. The number of carbonyl (C=O) groups excluding carboxylic acids is 1. The van der Waals surface area contributed by atoms with Gasteiger partial charge in [-0.25, -0.2) is 9.07 Å². The summed E-state index contributed by atoms with van der Waals surface area (Å²) in [5, 5.41) is 8.06. The maximum absolute atomic E-state index is 13.2. The highest BCUT2D eigenvalue weighted by molar-refractivity contribution is 5.95. The number of carbonyl (C=O) groups is 1. The molecule has 1 amide bonds. The van der Waals surface area contributed by atoms with Gasteiger partial charge >= 0.3 is 0 Å². The number of aromatic nitrogens is 2. The van der Waals surface area contributed by atoms with Crippen LogP contribution < -0.4 is 5.32 Å². The van der Waals surface area contributed by atoms with Crippen LogP contribution in [0.5, 0.6) is 0 Å². The van der Waals surface area contributed by atoms with Gasteiger partial charge in [0, 0.05) is 19.1 Å². The number of rotatable bonds is 6. The van der Waals surface area contributed by atoms with Crippen molar-refractivity contribution in [2.75, 3.05) is 19.6 Å². The van der Waals surface area contributed by atoms with Crippen LogP contribution >= 0.6 is 12.4 Å². The third kappa shape index (κ3) is 4.55. The molecule has 1 aromatic heterocycles. The molecule has 7 heteroatoms. The van der Waals surface area contributed by atoms with E-state index in [0.717, 1.165) is 49.8 Å². The molecule has 1 aliphatic heterocycles. The lowest BCUT2D eigenvalue weighted by Gasteiger charge is -2.32. The van der Waals surface area contributed by atoms with Crippen molar-refractivity contribution in [2.45, 2.75) is 45.1 Å². The summed E-state index contributed by atoms with van der Waals surface area (Å²) < 4.78 is 14.9. The second kappa shape index (κ2) is 9.05. The van der Waals surface area contributed by atoms with E-state index in [1.807, 2.05) is 11.8 Å². The number of nitrogens with zero attached hydrogens (tertiary/aromatic N) is 3. The fourth-order valence-corrected chi connectivity index (χ4v) is 3.81. The molecule has 5 nitrogen and oxygen atoms in total. The first kappa shape index (κ1) is 20.8. The van der Waals surface area contributed by atoms with E-state index < -0.39 is 0 Å². The van der Waals surface area contributed by atoms with Gasteiger partial charge in [-0.3, -0.25) is 4.79 Å². The highest BCUT2D eigenvalue weighted by Crippen LogP contribution is 2.28. The van der Waals surface area contributed by atoms with E-state index in [9.17, 15) is 9.18 Å². The minimum Gasteiger partial charge on any atom is -0.338 e. The monoisotopic (exact) mass is 406 g/mol. The Bertz CT molecular complexity index is 795. The molecule has 0 bridgehead atoms. The lowest BCUT2D eigenvalue weighted by molar-refractivity contribution is 0.0704. The fourth-order valence-electron chi connectivity index (χ4n) is 3.81. The Hall–Kier alpha value is -1.92. The molecule has 1 saturated heterocycles. The quantitative estimate of drug-likeness (QED) is 0.797. The van der Waals surface area contributed by atoms with Gasteiger partial charge in [-0.15, -0.1) is 12.4 Å². The Kier molecular flexibility index (Phi) is 6.73. The van der Waals surface area contributed by atoms with E-state index in [4.69, 9.17) is 0 Å². The third-order valence-corrected chi connectivity index (χ3v) is 5.68. The topological polar surface area (TPSA) is 50.2 Å². The minimum atomic E-state index is -0.279. The second-order valence-electron chi connectivity index (χ2n) is 7.66. The molecular formula is C21H28ClFN4O. The molecule has 2 aromatic rings. The average molecular weight is 407 g/mol. The van der Waals surface area contributed by atoms with Crippen LogP contribution in [0.25, 0.3) is 5.69 Å². The molecule has 1 aliphatic carbocycles. The van der Waals surface area contributed by atoms with Gasteiger partial charge in [0.2, 0.25) is 0 Å². The van der Waals surface area contributed by atoms with E-state index in [1.165, 1.54) is 25.0 Å². The Morgan fingerprint density at radius 2 is 1.86 bits per heavy atom. The van der Waals surface area contributed by atoms with E-state index in [0.29, 0.717) is 18.0 Å². The molecule has 0 atom stereocenters. The van der Waals surface area contributed by atoms with Gasteiger partial charge in [-0.05, 0) is 68.8 Å². The van der Waals surface area contributed by atoms with Gasteiger partial charge in [0.25, 0.3) is 5.91 Å². The molecule has 152 valence electrons. The van der Waals surface area contributed by atoms with E-state index >= 15 is 0 Å². The lowest BCUT2D eigenvalue weighted by Crippen LogP contribution is -2.45. The summed E-state index contributed by atoms with van der Waals surface area (Å²) in [7, 11) is 0. The van der Waals surface area contributed by atoms with Crippen molar-refractivity contribution in [3.05, 3.63) is 47.5 Å². The van der Waals surface area contributed by atoms with Crippen molar-refractivity contribution < 1.29 is 9.18 Å². The van der Waals surface area contributed by atoms with Gasteiger partial charge in [-0.1, -0.05) is 6.92 Å².